The fourth-order valence-corrected chi connectivity index (χ4v) is 2.73. The Balaban J connectivity index is 2.01. The number of nitrogens with zero attached hydrogens (tertiary/aromatic N) is 1. The van der Waals surface area contributed by atoms with E-state index in [4.69, 9.17) is 15.9 Å². The monoisotopic (exact) mass is 293 g/mol. The van der Waals surface area contributed by atoms with Gasteiger partial charge in [0.2, 0.25) is 0 Å². The summed E-state index contributed by atoms with van der Waals surface area (Å²) in [6.07, 6.45) is 3.42. The summed E-state index contributed by atoms with van der Waals surface area (Å²) in [6.45, 7) is 5.22. The van der Waals surface area contributed by atoms with Crippen LogP contribution in [0.1, 0.15) is 37.3 Å². The van der Waals surface area contributed by atoms with Gasteiger partial charge in [0, 0.05) is 25.3 Å². The van der Waals surface area contributed by atoms with Crippen molar-refractivity contribution in [3.05, 3.63) is 35.1 Å². The molecule has 0 bridgehead atoms. The van der Waals surface area contributed by atoms with Crippen molar-refractivity contribution in [3.63, 3.8) is 0 Å². The van der Waals surface area contributed by atoms with Gasteiger partial charge in [-0.15, -0.1) is 0 Å². The van der Waals surface area contributed by atoms with Crippen LogP contribution < -0.4 is 5.73 Å². The minimum atomic E-state index is -0.374. The van der Waals surface area contributed by atoms with E-state index in [9.17, 15) is 4.39 Å². The number of amidine groups is 1. The van der Waals surface area contributed by atoms with Crippen LogP contribution in [0.15, 0.2) is 18.2 Å². The van der Waals surface area contributed by atoms with Crippen molar-refractivity contribution >= 4 is 5.84 Å². The molecule has 1 aliphatic rings. The third-order valence-corrected chi connectivity index (χ3v) is 3.78. The molecule has 1 unspecified atom stereocenters. The maximum atomic E-state index is 14.3. The van der Waals surface area contributed by atoms with Gasteiger partial charge in [-0.05, 0) is 31.9 Å². The fourth-order valence-electron chi connectivity index (χ4n) is 2.73. The molecule has 1 aromatic rings. The fraction of sp³-hybridized carbons (Fsp3) is 0.562. The minimum Gasteiger partial charge on any atom is -0.384 e. The molecular weight excluding hydrogens is 269 g/mol. The van der Waals surface area contributed by atoms with Crippen LogP contribution in [0.25, 0.3) is 0 Å². The Kier molecular flexibility index (Phi) is 5.70. The van der Waals surface area contributed by atoms with Crippen LogP contribution >= 0.6 is 0 Å². The highest BCUT2D eigenvalue weighted by Crippen LogP contribution is 2.19. The van der Waals surface area contributed by atoms with E-state index in [1.807, 2.05) is 0 Å². The van der Waals surface area contributed by atoms with Crippen molar-refractivity contribution in [1.29, 1.82) is 5.41 Å². The Bertz CT molecular complexity index is 492. The van der Waals surface area contributed by atoms with Crippen LogP contribution in [0.4, 0.5) is 4.39 Å². The second-order valence-electron chi connectivity index (χ2n) is 5.56. The summed E-state index contributed by atoms with van der Waals surface area (Å²) >= 11 is 0. The lowest BCUT2D eigenvalue weighted by molar-refractivity contribution is -0.00247. The van der Waals surface area contributed by atoms with E-state index in [2.05, 4.69) is 11.8 Å². The number of likely N-dealkylation sites (tertiary alicyclic amines) is 1. The zero-order valence-corrected chi connectivity index (χ0v) is 12.6. The van der Waals surface area contributed by atoms with Crippen molar-refractivity contribution in [2.45, 2.75) is 38.8 Å². The molecule has 3 N–H and O–H groups in total. The maximum absolute atomic E-state index is 14.3. The Morgan fingerprint density at radius 1 is 1.52 bits per heavy atom. The molecule has 0 saturated carbocycles. The number of piperidine rings is 1. The lowest BCUT2D eigenvalue weighted by Crippen LogP contribution is -2.39. The predicted octanol–water partition coefficient (Wildman–Crippen LogP) is 2.50. The molecule has 0 aliphatic carbocycles. The SMILES string of the molecule is CCCOC1CCCN(Cc2cccc(C(=N)N)c2F)C1. The number of rotatable bonds is 6. The van der Waals surface area contributed by atoms with Gasteiger partial charge in [-0.1, -0.05) is 19.1 Å². The highest BCUT2D eigenvalue weighted by atomic mass is 19.1. The first kappa shape index (κ1) is 15.9. The van der Waals surface area contributed by atoms with Crippen molar-refractivity contribution in [3.8, 4) is 0 Å². The van der Waals surface area contributed by atoms with Crippen LogP contribution in [0.2, 0.25) is 0 Å². The maximum Gasteiger partial charge on any atom is 0.138 e. The molecule has 21 heavy (non-hydrogen) atoms. The summed E-state index contributed by atoms with van der Waals surface area (Å²) in [4.78, 5) is 2.21. The van der Waals surface area contributed by atoms with Crippen molar-refractivity contribution in [1.82, 2.24) is 4.90 Å². The molecule has 1 atom stereocenters. The van der Waals surface area contributed by atoms with Crippen LogP contribution in [0.5, 0.6) is 0 Å². The number of hydrogen-bond acceptors (Lipinski definition) is 3. The predicted molar refractivity (Wildman–Crippen MR) is 82.0 cm³/mol. The Morgan fingerprint density at radius 2 is 2.33 bits per heavy atom. The molecular formula is C16H24FN3O. The Labute approximate surface area is 125 Å². The molecule has 1 saturated heterocycles. The van der Waals surface area contributed by atoms with Gasteiger partial charge in [0.05, 0.1) is 11.7 Å². The summed E-state index contributed by atoms with van der Waals surface area (Å²) in [6, 6.07) is 5.06. The molecule has 1 aromatic carbocycles. The van der Waals surface area contributed by atoms with Gasteiger partial charge in [0.1, 0.15) is 11.7 Å². The zero-order chi connectivity index (χ0) is 15.2. The highest BCUT2D eigenvalue weighted by molar-refractivity contribution is 5.95. The minimum absolute atomic E-state index is 0.184. The molecule has 1 aliphatic heterocycles. The molecule has 116 valence electrons. The average molecular weight is 293 g/mol. The molecule has 0 amide bonds. The molecule has 2 rings (SSSR count). The number of nitrogens with one attached hydrogen (secondary N) is 1. The normalized spacial score (nSPS) is 19.6. The Morgan fingerprint density at radius 3 is 3.05 bits per heavy atom. The number of hydrogen-bond donors (Lipinski definition) is 2. The molecule has 0 spiro atoms. The van der Waals surface area contributed by atoms with E-state index in [1.54, 1.807) is 18.2 Å². The van der Waals surface area contributed by atoms with Crippen molar-refractivity contribution < 1.29 is 9.13 Å². The largest absolute Gasteiger partial charge is 0.384 e. The summed E-state index contributed by atoms with van der Waals surface area (Å²) in [5, 5.41) is 7.40. The highest BCUT2D eigenvalue weighted by Gasteiger charge is 2.21. The number of nitrogens with two attached hydrogens (primary N) is 1. The third-order valence-electron chi connectivity index (χ3n) is 3.78. The lowest BCUT2D eigenvalue weighted by Gasteiger charge is -2.32. The number of ether oxygens (including phenoxy) is 1. The molecule has 0 radical (unpaired) electrons. The van der Waals surface area contributed by atoms with E-state index in [0.29, 0.717) is 12.1 Å². The molecule has 4 nitrogen and oxygen atoms in total. The quantitative estimate of drug-likeness (QED) is 0.626. The first-order valence-electron chi connectivity index (χ1n) is 7.57. The van der Waals surface area contributed by atoms with Gasteiger partial charge in [-0.25, -0.2) is 4.39 Å². The second-order valence-corrected chi connectivity index (χ2v) is 5.56. The van der Waals surface area contributed by atoms with E-state index < -0.39 is 0 Å². The molecule has 5 heteroatoms. The number of benzene rings is 1. The van der Waals surface area contributed by atoms with Crippen LogP contribution in [0, 0.1) is 11.2 Å². The zero-order valence-electron chi connectivity index (χ0n) is 12.6. The summed E-state index contributed by atoms with van der Waals surface area (Å²) in [7, 11) is 0. The van der Waals surface area contributed by atoms with Gasteiger partial charge < -0.3 is 10.5 Å². The third kappa shape index (κ3) is 4.25. The first-order valence-corrected chi connectivity index (χ1v) is 7.57. The lowest BCUT2D eigenvalue weighted by atomic mass is 10.0. The van der Waals surface area contributed by atoms with Gasteiger partial charge in [0.15, 0.2) is 0 Å². The molecule has 1 heterocycles. The Hall–Kier alpha value is -1.46. The summed E-state index contributed by atoms with van der Waals surface area (Å²) in [5.41, 5.74) is 6.18. The van der Waals surface area contributed by atoms with Crippen molar-refractivity contribution in [2.24, 2.45) is 5.73 Å². The van der Waals surface area contributed by atoms with Crippen LogP contribution in [-0.2, 0) is 11.3 Å². The molecule has 1 fully saturated rings. The van der Waals surface area contributed by atoms with Gasteiger partial charge in [-0.2, -0.15) is 0 Å². The molecule has 0 aromatic heterocycles. The van der Waals surface area contributed by atoms with Gasteiger partial charge in [-0.3, -0.25) is 10.3 Å². The number of halogens is 1. The van der Waals surface area contributed by atoms with Gasteiger partial charge >= 0.3 is 0 Å². The van der Waals surface area contributed by atoms with Crippen LogP contribution in [-0.4, -0.2) is 36.5 Å². The van der Waals surface area contributed by atoms with Gasteiger partial charge in [0.25, 0.3) is 0 Å². The second kappa shape index (κ2) is 7.52. The average Bonchev–Trinajstić information content (AvgIpc) is 2.47. The summed E-state index contributed by atoms with van der Waals surface area (Å²) < 4.78 is 20.1. The van der Waals surface area contributed by atoms with E-state index in [1.165, 1.54) is 0 Å². The first-order chi connectivity index (χ1) is 10.1. The van der Waals surface area contributed by atoms with Crippen LogP contribution in [0.3, 0.4) is 0 Å². The topological polar surface area (TPSA) is 62.3 Å². The van der Waals surface area contributed by atoms with Crippen molar-refractivity contribution in [2.75, 3.05) is 19.7 Å². The van der Waals surface area contributed by atoms with E-state index >= 15 is 0 Å². The smallest absolute Gasteiger partial charge is 0.138 e. The summed E-state index contributed by atoms with van der Waals surface area (Å²) in [5.74, 6) is -0.598. The standard InChI is InChI=1S/C16H24FN3O/c1-2-9-21-13-6-4-8-20(11-13)10-12-5-3-7-14(15(12)17)16(18)19/h3,5,7,13H,2,4,6,8-11H2,1H3,(H3,18,19). The number of nitrogen functional groups attached to an aromatic ring is 1. The van der Waals surface area contributed by atoms with E-state index in [-0.39, 0.29) is 23.3 Å². The van der Waals surface area contributed by atoms with E-state index in [0.717, 1.165) is 39.0 Å².